The summed E-state index contributed by atoms with van der Waals surface area (Å²) >= 11 is 6.32. The number of benzene rings is 2. The minimum atomic E-state index is -3.96. The molecule has 0 N–H and O–H groups in total. The van der Waals surface area contributed by atoms with Crippen molar-refractivity contribution in [2.75, 3.05) is 5.75 Å². The summed E-state index contributed by atoms with van der Waals surface area (Å²) in [6.07, 6.45) is -0.484. The number of halogens is 1. The zero-order valence-corrected chi connectivity index (χ0v) is 18.6. The second kappa shape index (κ2) is 9.18. The molecule has 6 nitrogen and oxygen atoms in total. The molecule has 2 rings (SSSR count). The monoisotopic (exact) mass is 451 g/mol. The van der Waals surface area contributed by atoms with Gasteiger partial charge in [-0.15, -0.1) is 11.6 Å². The van der Waals surface area contributed by atoms with Crippen LogP contribution >= 0.6 is 11.6 Å². The summed E-state index contributed by atoms with van der Waals surface area (Å²) < 4.78 is 30.8. The highest BCUT2D eigenvalue weighted by atomic mass is 35.5. The van der Waals surface area contributed by atoms with E-state index < -0.39 is 44.2 Å². The summed E-state index contributed by atoms with van der Waals surface area (Å²) in [7, 11) is -3.96. The van der Waals surface area contributed by atoms with Gasteiger partial charge in [-0.1, -0.05) is 55.0 Å². The molecule has 0 saturated heterocycles. The van der Waals surface area contributed by atoms with Crippen molar-refractivity contribution in [3.05, 3.63) is 65.7 Å². The molecule has 0 amide bonds. The third-order valence-electron chi connectivity index (χ3n) is 4.74. The molecule has 0 radical (unpaired) electrons. The minimum absolute atomic E-state index is 0.0106. The van der Waals surface area contributed by atoms with E-state index in [0.29, 0.717) is 0 Å². The number of ether oxygens (including phenoxy) is 1. The number of esters is 1. The lowest BCUT2D eigenvalue weighted by Crippen LogP contribution is -2.49. The van der Waals surface area contributed by atoms with Crippen LogP contribution in [0.2, 0.25) is 0 Å². The van der Waals surface area contributed by atoms with Crippen LogP contribution in [0.1, 0.15) is 31.4 Å². The fraction of sp³-hybridized carbons (Fsp3) is 0.364. The van der Waals surface area contributed by atoms with Crippen molar-refractivity contribution in [2.45, 2.75) is 43.6 Å². The standard InChI is InChI=1S/C22H25ClO6S/c1-16-9-11-18(12-10-16)30(27,28)15-21(2,19(24)25)14-22(3,23)20(26)29-13-17-7-5-4-6-8-17/h4-12H,13-15H2,1-3H3,(H,24,25)/p-1. The summed E-state index contributed by atoms with van der Waals surface area (Å²) in [6, 6.07) is 15.0. The molecule has 30 heavy (non-hydrogen) atoms. The molecule has 0 fully saturated rings. The summed E-state index contributed by atoms with van der Waals surface area (Å²) in [4.78, 5) is 22.6. The Labute approximate surface area is 181 Å². The smallest absolute Gasteiger partial charge is 0.327 e. The minimum Gasteiger partial charge on any atom is -0.550 e. The molecule has 0 aromatic heterocycles. The number of hydrogen-bond donors (Lipinski definition) is 0. The van der Waals surface area contributed by atoms with E-state index in [4.69, 9.17) is 16.3 Å². The van der Waals surface area contributed by atoms with Crippen molar-refractivity contribution >= 4 is 33.4 Å². The average molecular weight is 452 g/mol. The molecule has 0 aliphatic rings. The Morgan fingerprint density at radius 1 is 1.03 bits per heavy atom. The van der Waals surface area contributed by atoms with E-state index >= 15 is 0 Å². The first kappa shape index (κ1) is 23.9. The number of carboxylic acids is 1. The van der Waals surface area contributed by atoms with Gasteiger partial charge in [0, 0.05) is 11.4 Å². The molecule has 0 bridgehead atoms. The number of alkyl halides is 1. The third-order valence-corrected chi connectivity index (χ3v) is 7.04. The number of carboxylic acid groups (broad SMARTS) is 1. The largest absolute Gasteiger partial charge is 0.550 e. The molecule has 0 saturated carbocycles. The van der Waals surface area contributed by atoms with Crippen LogP contribution in [0.25, 0.3) is 0 Å². The maximum Gasteiger partial charge on any atom is 0.327 e. The van der Waals surface area contributed by atoms with Crippen LogP contribution in [-0.4, -0.2) is 31.0 Å². The molecule has 2 atom stereocenters. The van der Waals surface area contributed by atoms with E-state index in [9.17, 15) is 23.1 Å². The third kappa shape index (κ3) is 6.06. The Morgan fingerprint density at radius 2 is 1.60 bits per heavy atom. The van der Waals surface area contributed by atoms with Crippen molar-refractivity contribution in [1.82, 2.24) is 0 Å². The van der Waals surface area contributed by atoms with E-state index in [2.05, 4.69) is 0 Å². The van der Waals surface area contributed by atoms with Gasteiger partial charge in [-0.05, 0) is 38.0 Å². The molecule has 0 heterocycles. The van der Waals surface area contributed by atoms with Crippen molar-refractivity contribution in [1.29, 1.82) is 0 Å². The molecule has 8 heteroatoms. The quantitative estimate of drug-likeness (QED) is 0.429. The van der Waals surface area contributed by atoms with Crippen molar-refractivity contribution in [3.63, 3.8) is 0 Å². The average Bonchev–Trinajstić information content (AvgIpc) is 2.66. The van der Waals surface area contributed by atoms with Gasteiger partial charge in [0.15, 0.2) is 9.84 Å². The van der Waals surface area contributed by atoms with E-state index in [1.54, 1.807) is 36.4 Å². The highest BCUT2D eigenvalue weighted by Gasteiger charge is 2.44. The molecule has 0 spiro atoms. The Balaban J connectivity index is 2.18. The maximum atomic E-state index is 12.8. The SMILES string of the molecule is Cc1ccc(S(=O)(=O)CC(C)(CC(C)(Cl)C(=O)OCc2ccccc2)C(=O)[O-])cc1. The van der Waals surface area contributed by atoms with E-state index in [-0.39, 0.29) is 11.5 Å². The van der Waals surface area contributed by atoms with Crippen LogP contribution in [0.4, 0.5) is 0 Å². The normalized spacial score (nSPS) is 15.6. The molecule has 162 valence electrons. The molecule has 0 aliphatic heterocycles. The Morgan fingerprint density at radius 3 is 2.13 bits per heavy atom. The predicted octanol–water partition coefficient (Wildman–Crippen LogP) is 2.66. The van der Waals surface area contributed by atoms with Gasteiger partial charge in [0.05, 0.1) is 10.6 Å². The van der Waals surface area contributed by atoms with Crippen molar-refractivity contribution in [2.24, 2.45) is 5.41 Å². The van der Waals surface area contributed by atoms with E-state index in [1.807, 2.05) is 13.0 Å². The van der Waals surface area contributed by atoms with Gasteiger partial charge in [-0.25, -0.2) is 8.42 Å². The topological polar surface area (TPSA) is 101 Å². The van der Waals surface area contributed by atoms with Gasteiger partial charge >= 0.3 is 5.97 Å². The van der Waals surface area contributed by atoms with Gasteiger partial charge in [0.25, 0.3) is 0 Å². The van der Waals surface area contributed by atoms with Gasteiger partial charge in [0.2, 0.25) is 0 Å². The lowest BCUT2D eigenvalue weighted by Gasteiger charge is -2.35. The molecular formula is C22H24ClO6S-. The van der Waals surface area contributed by atoms with Gasteiger partial charge in [0.1, 0.15) is 11.5 Å². The summed E-state index contributed by atoms with van der Waals surface area (Å²) in [5.41, 5.74) is -0.305. The number of carbonyl (C=O) groups excluding carboxylic acids is 2. The first-order valence-corrected chi connectivity index (χ1v) is 11.3. The number of carbonyl (C=O) groups is 2. The zero-order chi connectivity index (χ0) is 22.6. The number of rotatable bonds is 9. The fourth-order valence-electron chi connectivity index (χ4n) is 3.11. The predicted molar refractivity (Wildman–Crippen MR) is 111 cm³/mol. The summed E-state index contributed by atoms with van der Waals surface area (Å²) in [5.74, 6) is -3.21. The second-order valence-corrected chi connectivity index (χ2v) is 10.7. The molecule has 2 aromatic rings. The maximum absolute atomic E-state index is 12.8. The van der Waals surface area contributed by atoms with E-state index in [0.717, 1.165) is 11.1 Å². The van der Waals surface area contributed by atoms with Crippen molar-refractivity contribution < 1.29 is 27.9 Å². The molecule has 0 aliphatic carbocycles. The van der Waals surface area contributed by atoms with Gasteiger partial charge in [-0.3, -0.25) is 4.79 Å². The van der Waals surface area contributed by atoms with Crippen molar-refractivity contribution in [3.8, 4) is 0 Å². The molecule has 2 unspecified atom stereocenters. The van der Waals surface area contributed by atoms with Crippen LogP contribution in [0.15, 0.2) is 59.5 Å². The summed E-state index contributed by atoms with van der Waals surface area (Å²) in [5, 5.41) is 11.9. The zero-order valence-electron chi connectivity index (χ0n) is 17.1. The van der Waals surface area contributed by atoms with Crippen LogP contribution in [0, 0.1) is 12.3 Å². The highest BCUT2D eigenvalue weighted by Crippen LogP contribution is 2.36. The lowest BCUT2D eigenvalue weighted by molar-refractivity contribution is -0.317. The first-order valence-electron chi connectivity index (χ1n) is 9.27. The summed E-state index contributed by atoms with van der Waals surface area (Å²) in [6.45, 7) is 4.29. The first-order chi connectivity index (χ1) is 13.9. The van der Waals surface area contributed by atoms with Gasteiger partial charge < -0.3 is 14.6 Å². The highest BCUT2D eigenvalue weighted by molar-refractivity contribution is 7.91. The van der Waals surface area contributed by atoms with Crippen LogP contribution in [0.3, 0.4) is 0 Å². The van der Waals surface area contributed by atoms with Crippen LogP contribution in [-0.2, 0) is 30.8 Å². The van der Waals surface area contributed by atoms with E-state index in [1.165, 1.54) is 26.0 Å². The number of sulfone groups is 1. The number of hydrogen-bond acceptors (Lipinski definition) is 6. The Hall–Kier alpha value is -2.38. The second-order valence-electron chi connectivity index (χ2n) is 7.86. The number of aryl methyl sites for hydroxylation is 1. The van der Waals surface area contributed by atoms with Gasteiger partial charge in [-0.2, -0.15) is 0 Å². The number of aliphatic carboxylic acids is 1. The Bertz CT molecular complexity index is 1000. The van der Waals surface area contributed by atoms with Crippen LogP contribution in [0.5, 0.6) is 0 Å². The van der Waals surface area contributed by atoms with Crippen LogP contribution < -0.4 is 5.11 Å². The molecule has 2 aromatic carbocycles. The lowest BCUT2D eigenvalue weighted by atomic mass is 9.82. The Kier molecular flexibility index (Phi) is 7.31. The molecular weight excluding hydrogens is 428 g/mol. The fourth-order valence-corrected chi connectivity index (χ4v) is 5.23.